The van der Waals surface area contributed by atoms with Crippen LogP contribution < -0.4 is 0 Å². The van der Waals surface area contributed by atoms with Crippen molar-refractivity contribution in [3.63, 3.8) is 0 Å². The molecule has 0 radical (unpaired) electrons. The molecular formula is C67H130O17P2. The highest BCUT2D eigenvalue weighted by atomic mass is 31.2. The molecule has 0 aromatic rings. The first-order chi connectivity index (χ1) is 41.1. The summed E-state index contributed by atoms with van der Waals surface area (Å²) in [6, 6.07) is 0. The fourth-order valence-electron chi connectivity index (χ4n) is 9.93. The van der Waals surface area contributed by atoms with Gasteiger partial charge in [-0.3, -0.25) is 37.3 Å². The topological polar surface area (TPSA) is 237 Å². The van der Waals surface area contributed by atoms with E-state index in [1.54, 1.807) is 0 Å². The number of rotatable bonds is 64. The maximum Gasteiger partial charge on any atom is 0.472 e. The normalized spacial score (nSPS) is 14.7. The van der Waals surface area contributed by atoms with Crippen LogP contribution in [-0.2, 0) is 65.4 Å². The number of carbonyl (C=O) groups is 4. The molecule has 0 aromatic carbocycles. The molecule has 3 unspecified atom stereocenters. The number of phosphoric acid groups is 2. The summed E-state index contributed by atoms with van der Waals surface area (Å²) in [5, 5.41) is 10.6. The summed E-state index contributed by atoms with van der Waals surface area (Å²) in [5.41, 5.74) is 0. The Balaban J connectivity index is 5.25. The third-order valence-corrected chi connectivity index (χ3v) is 17.6. The van der Waals surface area contributed by atoms with Gasteiger partial charge in [0, 0.05) is 25.7 Å². The average molecular weight is 1270 g/mol. The molecule has 0 amide bonds. The van der Waals surface area contributed by atoms with Crippen LogP contribution in [0.25, 0.3) is 0 Å². The number of esters is 4. The Labute approximate surface area is 524 Å². The Morgan fingerprint density at radius 3 is 0.826 bits per heavy atom. The fourth-order valence-corrected chi connectivity index (χ4v) is 11.5. The molecule has 0 bridgehead atoms. The zero-order valence-corrected chi connectivity index (χ0v) is 57.7. The van der Waals surface area contributed by atoms with E-state index in [2.05, 4.69) is 55.4 Å². The lowest BCUT2D eigenvalue weighted by atomic mass is 9.99. The van der Waals surface area contributed by atoms with E-state index < -0.39 is 97.5 Å². The van der Waals surface area contributed by atoms with Crippen molar-refractivity contribution >= 4 is 39.5 Å². The predicted octanol–water partition coefficient (Wildman–Crippen LogP) is 18.5. The van der Waals surface area contributed by atoms with Gasteiger partial charge in [0.15, 0.2) is 12.2 Å². The zero-order valence-electron chi connectivity index (χ0n) is 55.9. The Kier molecular flexibility index (Phi) is 55.7. The lowest BCUT2D eigenvalue weighted by Crippen LogP contribution is -2.30. The molecule has 0 fully saturated rings. The summed E-state index contributed by atoms with van der Waals surface area (Å²) in [7, 11) is -9.90. The second-order valence-corrected chi connectivity index (χ2v) is 28.8. The van der Waals surface area contributed by atoms with Crippen molar-refractivity contribution in [2.75, 3.05) is 39.6 Å². The van der Waals surface area contributed by atoms with Crippen molar-refractivity contribution in [2.24, 2.45) is 23.7 Å². The van der Waals surface area contributed by atoms with Gasteiger partial charge in [0.05, 0.1) is 26.4 Å². The number of unbranched alkanes of at least 4 members (excludes halogenated alkanes) is 29. The minimum Gasteiger partial charge on any atom is -0.462 e. The third kappa shape index (κ3) is 59.7. The molecule has 0 aliphatic heterocycles. The van der Waals surface area contributed by atoms with E-state index in [9.17, 15) is 43.2 Å². The van der Waals surface area contributed by atoms with Crippen LogP contribution in [0, 0.1) is 23.7 Å². The first kappa shape index (κ1) is 84.1. The van der Waals surface area contributed by atoms with Crippen molar-refractivity contribution in [3.8, 4) is 0 Å². The number of phosphoric ester groups is 2. The predicted molar refractivity (Wildman–Crippen MR) is 344 cm³/mol. The maximum absolute atomic E-state index is 13.0. The van der Waals surface area contributed by atoms with Crippen LogP contribution in [0.3, 0.4) is 0 Å². The molecule has 17 nitrogen and oxygen atoms in total. The molecule has 3 N–H and O–H groups in total. The van der Waals surface area contributed by atoms with E-state index in [0.29, 0.717) is 37.5 Å². The van der Waals surface area contributed by atoms with Crippen LogP contribution in [0.4, 0.5) is 0 Å². The van der Waals surface area contributed by atoms with Crippen molar-refractivity contribution in [1.82, 2.24) is 0 Å². The largest absolute Gasteiger partial charge is 0.472 e. The van der Waals surface area contributed by atoms with Crippen molar-refractivity contribution in [1.29, 1.82) is 0 Å². The van der Waals surface area contributed by atoms with E-state index in [4.69, 9.17) is 37.0 Å². The Morgan fingerprint density at radius 1 is 0.326 bits per heavy atom. The molecule has 86 heavy (non-hydrogen) atoms. The lowest BCUT2D eigenvalue weighted by Gasteiger charge is -2.21. The average Bonchev–Trinajstić information content (AvgIpc) is 3.67. The van der Waals surface area contributed by atoms with Gasteiger partial charge in [0.1, 0.15) is 19.3 Å². The van der Waals surface area contributed by atoms with Gasteiger partial charge in [0.2, 0.25) is 0 Å². The maximum atomic E-state index is 13.0. The van der Waals surface area contributed by atoms with E-state index in [1.807, 2.05) is 0 Å². The smallest absolute Gasteiger partial charge is 0.462 e. The van der Waals surface area contributed by atoms with E-state index in [1.165, 1.54) is 116 Å². The molecule has 0 aliphatic carbocycles. The number of hydrogen-bond donors (Lipinski definition) is 3. The molecule has 0 spiro atoms. The first-order valence-electron chi connectivity index (χ1n) is 34.7. The summed E-state index contributed by atoms with van der Waals surface area (Å²) in [6.07, 6.45) is 37.7. The van der Waals surface area contributed by atoms with Gasteiger partial charge < -0.3 is 33.8 Å². The van der Waals surface area contributed by atoms with Crippen LogP contribution in [0.15, 0.2) is 0 Å². The molecule has 19 heteroatoms. The second-order valence-electron chi connectivity index (χ2n) is 25.9. The molecule has 0 saturated heterocycles. The van der Waals surface area contributed by atoms with Gasteiger partial charge in [-0.2, -0.15) is 0 Å². The van der Waals surface area contributed by atoms with E-state index in [-0.39, 0.29) is 25.7 Å². The van der Waals surface area contributed by atoms with Crippen LogP contribution in [0.5, 0.6) is 0 Å². The highest BCUT2D eigenvalue weighted by Crippen LogP contribution is 2.45. The summed E-state index contributed by atoms with van der Waals surface area (Å²) in [6.45, 7) is 14.0. The SMILES string of the molecule is CCC(C)CCCCCCCCCCCCC(=O)O[C@H](COC(=O)CCCCCCCCCC(C)C)COP(=O)(O)OC[C@@H](O)COP(=O)(O)OC[C@@H](COC(=O)CCCCCCCCC(C)C)OC(=O)CCCCCCCCCCCCC(C)C. The molecule has 510 valence electrons. The van der Waals surface area contributed by atoms with Crippen LogP contribution in [0.1, 0.15) is 325 Å². The first-order valence-corrected chi connectivity index (χ1v) is 37.7. The summed E-state index contributed by atoms with van der Waals surface area (Å²) in [5.74, 6) is 0.803. The monoisotopic (exact) mass is 1270 g/mol. The molecule has 0 aromatic heterocycles. The molecule has 0 rings (SSSR count). The van der Waals surface area contributed by atoms with Crippen molar-refractivity contribution in [3.05, 3.63) is 0 Å². The molecule has 0 saturated carbocycles. The highest BCUT2D eigenvalue weighted by Gasteiger charge is 2.30. The van der Waals surface area contributed by atoms with Gasteiger partial charge in [0.25, 0.3) is 0 Å². The second kappa shape index (κ2) is 57.0. The Hall–Kier alpha value is -1.94. The van der Waals surface area contributed by atoms with Gasteiger partial charge >= 0.3 is 39.5 Å². The van der Waals surface area contributed by atoms with E-state index >= 15 is 0 Å². The fraction of sp³-hybridized carbons (Fsp3) is 0.940. The number of aliphatic hydroxyl groups is 1. The quantitative estimate of drug-likeness (QED) is 0.0222. The standard InChI is InChI=1S/C67H130O17P2/c1-9-60(8)46-38-30-21-15-11-13-17-23-34-42-50-67(72)83-62(53-77-64(69)47-39-31-24-18-20-28-36-44-58(4)5)55-81-85(73,74)79-51-61(68)52-80-86(75,76)82-56-63(54-78-65(70)48-40-32-26-25-29-37-45-59(6)7)84-66(71)49-41-33-22-16-12-10-14-19-27-35-43-57(2)3/h57-63,68H,9-56H2,1-8H3,(H,73,74)(H,75,76)/t60?,61-,62-,63-/m1/s1. The molecule has 0 aliphatic rings. The number of carbonyl (C=O) groups excluding carboxylic acids is 4. The molecular weight excluding hydrogens is 1140 g/mol. The third-order valence-electron chi connectivity index (χ3n) is 15.7. The number of hydrogen-bond acceptors (Lipinski definition) is 15. The Morgan fingerprint density at radius 2 is 0.558 bits per heavy atom. The lowest BCUT2D eigenvalue weighted by molar-refractivity contribution is -0.161. The summed E-state index contributed by atoms with van der Waals surface area (Å²) < 4.78 is 68.1. The van der Waals surface area contributed by atoms with Crippen molar-refractivity contribution in [2.45, 2.75) is 343 Å². The summed E-state index contributed by atoms with van der Waals surface area (Å²) in [4.78, 5) is 72.3. The van der Waals surface area contributed by atoms with Gasteiger partial charge in [-0.05, 0) is 49.4 Å². The van der Waals surface area contributed by atoms with Crippen LogP contribution >= 0.6 is 15.6 Å². The van der Waals surface area contributed by atoms with E-state index in [0.717, 1.165) is 115 Å². The number of aliphatic hydroxyl groups excluding tert-OH is 1. The number of ether oxygens (including phenoxy) is 4. The van der Waals surface area contributed by atoms with Crippen LogP contribution in [-0.4, -0.2) is 96.7 Å². The zero-order chi connectivity index (χ0) is 63.9. The molecule has 6 atom stereocenters. The Bertz CT molecular complexity index is 1720. The van der Waals surface area contributed by atoms with Gasteiger partial charge in [-0.15, -0.1) is 0 Å². The summed E-state index contributed by atoms with van der Waals surface area (Å²) >= 11 is 0. The van der Waals surface area contributed by atoms with Crippen molar-refractivity contribution < 1.29 is 80.2 Å². The van der Waals surface area contributed by atoms with Gasteiger partial charge in [-0.1, -0.05) is 274 Å². The molecule has 0 heterocycles. The minimum absolute atomic E-state index is 0.104. The van der Waals surface area contributed by atoms with Crippen LogP contribution in [0.2, 0.25) is 0 Å². The van der Waals surface area contributed by atoms with Gasteiger partial charge in [-0.25, -0.2) is 9.13 Å². The highest BCUT2D eigenvalue weighted by molar-refractivity contribution is 7.47. The minimum atomic E-state index is -4.95.